The Balaban J connectivity index is 1.55. The molecular formula is C23H35N3O4S. The van der Waals surface area contributed by atoms with Crippen molar-refractivity contribution < 1.29 is 17.9 Å². The molecule has 2 atom stereocenters. The summed E-state index contributed by atoms with van der Waals surface area (Å²) < 4.78 is 33.7. The van der Waals surface area contributed by atoms with Gasteiger partial charge < -0.3 is 9.64 Å². The maximum Gasteiger partial charge on any atom is 0.243 e. The number of methoxy groups -OCH3 is 1. The monoisotopic (exact) mass is 449 g/mol. The number of piperidine rings is 1. The van der Waals surface area contributed by atoms with Gasteiger partial charge in [-0.1, -0.05) is 12.1 Å². The molecule has 7 nitrogen and oxygen atoms in total. The number of amides is 1. The molecule has 3 saturated heterocycles. The van der Waals surface area contributed by atoms with Crippen LogP contribution in [0.1, 0.15) is 30.9 Å². The molecule has 0 radical (unpaired) electrons. The number of ether oxygens (including phenoxy) is 1. The van der Waals surface area contributed by atoms with Crippen LogP contribution in [0.4, 0.5) is 0 Å². The average molecular weight is 450 g/mol. The van der Waals surface area contributed by atoms with Gasteiger partial charge in [0.15, 0.2) is 0 Å². The van der Waals surface area contributed by atoms with Gasteiger partial charge in [-0.2, -0.15) is 4.31 Å². The Morgan fingerprint density at radius 2 is 1.87 bits per heavy atom. The summed E-state index contributed by atoms with van der Waals surface area (Å²) in [5.74, 6) is 0.541. The van der Waals surface area contributed by atoms with Crippen LogP contribution in [0.2, 0.25) is 0 Å². The predicted molar refractivity (Wildman–Crippen MR) is 119 cm³/mol. The molecule has 0 aliphatic carbocycles. The molecule has 0 aromatic heterocycles. The van der Waals surface area contributed by atoms with Crippen LogP contribution < -0.4 is 0 Å². The van der Waals surface area contributed by atoms with E-state index in [1.165, 1.54) is 0 Å². The Hall–Kier alpha value is -1.48. The molecule has 3 fully saturated rings. The first-order valence-electron chi connectivity index (χ1n) is 11.3. The number of benzene rings is 1. The molecule has 1 aromatic carbocycles. The second-order valence-corrected chi connectivity index (χ2v) is 11.2. The third-order valence-corrected chi connectivity index (χ3v) is 9.72. The topological polar surface area (TPSA) is 70.2 Å². The van der Waals surface area contributed by atoms with E-state index in [9.17, 15) is 13.2 Å². The second kappa shape index (κ2) is 8.46. The molecule has 1 spiro atoms. The Bertz CT molecular complexity index is 940. The van der Waals surface area contributed by atoms with Crippen molar-refractivity contribution in [3.05, 3.63) is 29.3 Å². The van der Waals surface area contributed by atoms with Gasteiger partial charge in [0.2, 0.25) is 15.9 Å². The SMILES string of the molecule is CCN1C(=O)[C@@H]2CN(CCOC)C[C@@H]2C12CCN(S(=O)(=O)c1cc(C)ccc1C)CC2. The van der Waals surface area contributed by atoms with Crippen LogP contribution in [-0.4, -0.2) is 87.0 Å². The van der Waals surface area contributed by atoms with Crippen molar-refractivity contribution in [3.63, 3.8) is 0 Å². The number of sulfonamides is 1. The van der Waals surface area contributed by atoms with E-state index in [0.29, 0.717) is 44.0 Å². The lowest BCUT2D eigenvalue weighted by molar-refractivity contribution is -0.135. The lowest BCUT2D eigenvalue weighted by Crippen LogP contribution is -2.57. The number of rotatable bonds is 6. The van der Waals surface area contributed by atoms with Gasteiger partial charge in [0.25, 0.3) is 0 Å². The second-order valence-electron chi connectivity index (χ2n) is 9.32. The van der Waals surface area contributed by atoms with Gasteiger partial charge in [-0.25, -0.2) is 8.42 Å². The van der Waals surface area contributed by atoms with Gasteiger partial charge in [-0.15, -0.1) is 0 Å². The first-order valence-corrected chi connectivity index (χ1v) is 12.8. The molecule has 3 heterocycles. The van der Waals surface area contributed by atoms with Crippen LogP contribution in [0, 0.1) is 25.7 Å². The molecule has 3 aliphatic rings. The predicted octanol–water partition coefficient (Wildman–Crippen LogP) is 1.88. The number of aryl methyl sites for hydroxylation is 2. The lowest BCUT2D eigenvalue weighted by atomic mass is 9.75. The zero-order valence-electron chi connectivity index (χ0n) is 19.1. The van der Waals surface area contributed by atoms with Gasteiger partial charge in [0.1, 0.15) is 0 Å². The van der Waals surface area contributed by atoms with Crippen molar-refractivity contribution in [1.82, 2.24) is 14.1 Å². The van der Waals surface area contributed by atoms with Crippen LogP contribution in [-0.2, 0) is 19.6 Å². The Kier molecular flexibility index (Phi) is 6.20. The fraction of sp³-hybridized carbons (Fsp3) is 0.696. The molecule has 31 heavy (non-hydrogen) atoms. The largest absolute Gasteiger partial charge is 0.383 e. The molecule has 0 N–H and O–H groups in total. The normalized spacial score (nSPS) is 26.7. The highest BCUT2D eigenvalue weighted by atomic mass is 32.2. The standard InChI is InChI=1S/C23H35N3O4S/c1-5-26-22(27)19-15-24(12-13-30-4)16-20(19)23(26)8-10-25(11-9-23)31(28,29)21-14-17(2)6-7-18(21)3/h6-7,14,19-20H,5,8-13,15-16H2,1-4H3/t19-,20+/m1/s1. The van der Waals surface area contributed by atoms with E-state index in [-0.39, 0.29) is 23.3 Å². The number of carbonyl (C=O) groups excluding carboxylic acids is 1. The summed E-state index contributed by atoms with van der Waals surface area (Å²) in [4.78, 5) is 18.0. The first-order chi connectivity index (χ1) is 14.7. The third kappa shape index (κ3) is 3.71. The minimum absolute atomic E-state index is 0.0268. The van der Waals surface area contributed by atoms with Crippen LogP contribution in [0.3, 0.4) is 0 Å². The summed E-state index contributed by atoms with van der Waals surface area (Å²) in [6.45, 7) is 10.6. The molecule has 0 unspecified atom stereocenters. The molecule has 0 saturated carbocycles. The summed E-state index contributed by atoms with van der Waals surface area (Å²) in [5, 5.41) is 0. The van der Waals surface area contributed by atoms with E-state index in [4.69, 9.17) is 4.74 Å². The molecule has 8 heteroatoms. The van der Waals surface area contributed by atoms with E-state index in [2.05, 4.69) is 9.80 Å². The number of likely N-dealkylation sites (tertiary alicyclic amines) is 2. The number of carbonyl (C=O) groups is 1. The maximum atomic E-state index is 13.4. The Labute approximate surface area is 186 Å². The van der Waals surface area contributed by atoms with E-state index >= 15 is 0 Å². The van der Waals surface area contributed by atoms with Crippen molar-refractivity contribution >= 4 is 15.9 Å². The Morgan fingerprint density at radius 3 is 2.52 bits per heavy atom. The molecule has 1 amide bonds. The van der Waals surface area contributed by atoms with Gasteiger partial charge in [-0.05, 0) is 50.8 Å². The molecule has 4 rings (SSSR count). The number of hydrogen-bond acceptors (Lipinski definition) is 5. The third-order valence-electron chi connectivity index (χ3n) is 7.68. The lowest BCUT2D eigenvalue weighted by Gasteiger charge is -2.47. The highest BCUT2D eigenvalue weighted by molar-refractivity contribution is 7.89. The molecule has 0 bridgehead atoms. The van der Waals surface area contributed by atoms with E-state index in [1.807, 2.05) is 32.9 Å². The molecular weight excluding hydrogens is 414 g/mol. The highest BCUT2D eigenvalue weighted by Gasteiger charge is 2.61. The van der Waals surface area contributed by atoms with E-state index in [1.54, 1.807) is 17.5 Å². The minimum atomic E-state index is -3.54. The highest BCUT2D eigenvalue weighted by Crippen LogP contribution is 2.50. The zero-order chi connectivity index (χ0) is 22.4. The van der Waals surface area contributed by atoms with Gasteiger partial charge in [0, 0.05) is 52.3 Å². The van der Waals surface area contributed by atoms with Crippen LogP contribution in [0.5, 0.6) is 0 Å². The molecule has 172 valence electrons. The van der Waals surface area contributed by atoms with Gasteiger partial charge >= 0.3 is 0 Å². The zero-order valence-corrected chi connectivity index (χ0v) is 20.0. The quantitative estimate of drug-likeness (QED) is 0.663. The van der Waals surface area contributed by atoms with Crippen molar-refractivity contribution in [2.75, 3.05) is 53.0 Å². The maximum absolute atomic E-state index is 13.4. The smallest absolute Gasteiger partial charge is 0.243 e. The summed E-state index contributed by atoms with van der Waals surface area (Å²) >= 11 is 0. The summed E-state index contributed by atoms with van der Waals surface area (Å²) in [5.41, 5.74) is 1.49. The van der Waals surface area contributed by atoms with E-state index in [0.717, 1.165) is 30.8 Å². The Morgan fingerprint density at radius 1 is 1.16 bits per heavy atom. The van der Waals surface area contributed by atoms with Gasteiger partial charge in [-0.3, -0.25) is 9.69 Å². The average Bonchev–Trinajstić information content (AvgIpc) is 3.26. The van der Waals surface area contributed by atoms with E-state index < -0.39 is 10.0 Å². The summed E-state index contributed by atoms with van der Waals surface area (Å²) in [7, 11) is -1.84. The van der Waals surface area contributed by atoms with Crippen LogP contribution in [0.15, 0.2) is 23.1 Å². The number of hydrogen-bond donors (Lipinski definition) is 0. The first kappa shape index (κ1) is 22.7. The molecule has 3 aliphatic heterocycles. The number of nitrogens with zero attached hydrogens (tertiary/aromatic N) is 3. The van der Waals surface area contributed by atoms with Gasteiger partial charge in [0.05, 0.1) is 23.0 Å². The fourth-order valence-electron chi connectivity index (χ4n) is 6.05. The van der Waals surface area contributed by atoms with Crippen LogP contribution >= 0.6 is 0 Å². The summed E-state index contributed by atoms with van der Waals surface area (Å²) in [6, 6.07) is 5.59. The number of fused-ring (bicyclic) bond motifs is 2. The fourth-order valence-corrected chi connectivity index (χ4v) is 7.80. The van der Waals surface area contributed by atoms with Crippen molar-refractivity contribution in [2.45, 2.75) is 44.0 Å². The van der Waals surface area contributed by atoms with Crippen molar-refractivity contribution in [2.24, 2.45) is 11.8 Å². The minimum Gasteiger partial charge on any atom is -0.383 e. The van der Waals surface area contributed by atoms with Crippen molar-refractivity contribution in [1.29, 1.82) is 0 Å². The van der Waals surface area contributed by atoms with Crippen molar-refractivity contribution in [3.8, 4) is 0 Å². The van der Waals surface area contributed by atoms with Crippen LogP contribution in [0.25, 0.3) is 0 Å². The summed E-state index contributed by atoms with van der Waals surface area (Å²) in [6.07, 6.45) is 1.41. The molecule has 1 aromatic rings.